The van der Waals surface area contributed by atoms with E-state index >= 15 is 0 Å². The van der Waals surface area contributed by atoms with E-state index in [1.807, 2.05) is 6.92 Å². The number of aromatic nitrogens is 1. The van der Waals surface area contributed by atoms with Gasteiger partial charge in [-0.25, -0.2) is 4.98 Å². The van der Waals surface area contributed by atoms with Crippen molar-refractivity contribution in [1.29, 1.82) is 0 Å². The van der Waals surface area contributed by atoms with E-state index < -0.39 is 4.92 Å². The monoisotopic (exact) mass is 263 g/mol. The average Bonchev–Trinajstić information content (AvgIpc) is 2.30. The van der Waals surface area contributed by atoms with Crippen molar-refractivity contribution in [3.63, 3.8) is 0 Å². The fourth-order valence-corrected chi connectivity index (χ4v) is 3.07. The summed E-state index contributed by atoms with van der Waals surface area (Å²) in [5.41, 5.74) is 0.883. The molecule has 0 amide bonds. The number of pyridine rings is 1. The van der Waals surface area contributed by atoms with Crippen molar-refractivity contribution in [3.05, 3.63) is 27.9 Å². The third-order valence-corrected chi connectivity index (χ3v) is 3.79. The van der Waals surface area contributed by atoms with Crippen LogP contribution in [0.25, 0.3) is 0 Å². The normalized spacial score (nSPS) is 27.0. The molecule has 1 heterocycles. The van der Waals surface area contributed by atoms with Gasteiger partial charge in [-0.2, -0.15) is 0 Å². The van der Waals surface area contributed by atoms with Crippen LogP contribution in [0.1, 0.15) is 38.7 Å². The van der Waals surface area contributed by atoms with Crippen molar-refractivity contribution in [2.75, 3.05) is 5.32 Å². The number of hydrogen-bond donors (Lipinski definition) is 1. The number of nitrogens with one attached hydrogen (secondary N) is 1. The van der Waals surface area contributed by atoms with Crippen LogP contribution in [0.5, 0.6) is 0 Å². The molecule has 1 saturated carbocycles. The summed E-state index contributed by atoms with van der Waals surface area (Å²) in [4.78, 5) is 14.5. The van der Waals surface area contributed by atoms with Crippen molar-refractivity contribution < 1.29 is 4.92 Å². The van der Waals surface area contributed by atoms with Crippen LogP contribution in [-0.4, -0.2) is 15.9 Å². The fourth-order valence-electron chi connectivity index (χ4n) is 3.07. The molecule has 1 N–H and O–H groups in total. The predicted molar refractivity (Wildman–Crippen MR) is 75.2 cm³/mol. The fraction of sp³-hybridized carbons (Fsp3) is 0.643. The second-order valence-electron chi connectivity index (χ2n) is 5.87. The minimum absolute atomic E-state index is 0.0495. The van der Waals surface area contributed by atoms with Gasteiger partial charge in [-0.05, 0) is 43.6 Å². The van der Waals surface area contributed by atoms with Crippen LogP contribution in [0.15, 0.2) is 12.3 Å². The van der Waals surface area contributed by atoms with E-state index in [2.05, 4.69) is 24.1 Å². The molecule has 1 fully saturated rings. The van der Waals surface area contributed by atoms with E-state index in [1.165, 1.54) is 12.6 Å². The number of hydrogen-bond acceptors (Lipinski definition) is 4. The van der Waals surface area contributed by atoms with Crippen LogP contribution < -0.4 is 5.32 Å². The van der Waals surface area contributed by atoms with Gasteiger partial charge in [0.2, 0.25) is 0 Å². The Kier molecular flexibility index (Phi) is 4.02. The van der Waals surface area contributed by atoms with Crippen molar-refractivity contribution in [3.8, 4) is 0 Å². The highest BCUT2D eigenvalue weighted by Gasteiger charge is 2.24. The van der Waals surface area contributed by atoms with E-state index in [0.717, 1.165) is 36.1 Å². The number of nitrogens with zero attached hydrogens (tertiary/aromatic N) is 2. The summed E-state index contributed by atoms with van der Waals surface area (Å²) in [5.74, 6) is 2.22. The minimum Gasteiger partial charge on any atom is -0.367 e. The van der Waals surface area contributed by atoms with E-state index in [-0.39, 0.29) is 5.69 Å². The Labute approximate surface area is 113 Å². The smallest absolute Gasteiger partial charge is 0.287 e. The summed E-state index contributed by atoms with van der Waals surface area (Å²) in [5, 5.41) is 14.1. The average molecular weight is 263 g/mol. The second kappa shape index (κ2) is 5.55. The summed E-state index contributed by atoms with van der Waals surface area (Å²) in [6, 6.07) is 2.00. The molecule has 2 atom stereocenters. The van der Waals surface area contributed by atoms with Crippen LogP contribution in [0.2, 0.25) is 0 Å². The first-order valence-corrected chi connectivity index (χ1v) is 6.83. The highest BCUT2D eigenvalue weighted by atomic mass is 16.6. The van der Waals surface area contributed by atoms with E-state index in [1.54, 1.807) is 6.07 Å². The molecule has 0 saturated heterocycles. The van der Waals surface area contributed by atoms with Crippen LogP contribution >= 0.6 is 0 Å². The molecule has 5 nitrogen and oxygen atoms in total. The Morgan fingerprint density at radius 2 is 1.95 bits per heavy atom. The Balaban J connectivity index is 2.08. The predicted octanol–water partition coefficient (Wildman–Crippen LogP) is 3.53. The quantitative estimate of drug-likeness (QED) is 0.669. The van der Waals surface area contributed by atoms with Crippen LogP contribution in [0.4, 0.5) is 11.5 Å². The highest BCUT2D eigenvalue weighted by molar-refractivity contribution is 5.48. The molecule has 0 aromatic carbocycles. The molecule has 1 aromatic rings. The van der Waals surface area contributed by atoms with Crippen molar-refractivity contribution in [1.82, 2.24) is 4.98 Å². The number of nitro groups is 1. The van der Waals surface area contributed by atoms with Gasteiger partial charge in [0.15, 0.2) is 0 Å². The van der Waals surface area contributed by atoms with E-state index in [4.69, 9.17) is 0 Å². The molecule has 1 aliphatic carbocycles. The van der Waals surface area contributed by atoms with Crippen molar-refractivity contribution in [2.24, 2.45) is 11.8 Å². The Hall–Kier alpha value is -1.65. The second-order valence-corrected chi connectivity index (χ2v) is 5.87. The highest BCUT2D eigenvalue weighted by Crippen LogP contribution is 2.31. The molecule has 0 bridgehead atoms. The number of aryl methyl sites for hydroxylation is 1. The SMILES string of the molecule is Cc1cc([N+](=O)[O-])cnc1NC1CC(C)CC(C)C1. The standard InChI is InChI=1S/C14H21N3O2/c1-9-4-10(2)6-12(5-9)16-14-11(3)7-13(8-15-14)17(18)19/h7-10,12H,4-6H2,1-3H3,(H,15,16). The van der Waals surface area contributed by atoms with E-state index in [0.29, 0.717) is 6.04 Å². The first kappa shape index (κ1) is 13.8. The first-order chi connectivity index (χ1) is 8.95. The largest absolute Gasteiger partial charge is 0.367 e. The Bertz CT molecular complexity index is 466. The zero-order valence-corrected chi connectivity index (χ0v) is 11.7. The van der Waals surface area contributed by atoms with Gasteiger partial charge in [-0.1, -0.05) is 13.8 Å². The molecular formula is C14H21N3O2. The molecule has 0 aliphatic heterocycles. The lowest BCUT2D eigenvalue weighted by atomic mass is 9.80. The molecule has 1 aliphatic rings. The van der Waals surface area contributed by atoms with Gasteiger partial charge in [0.25, 0.3) is 5.69 Å². The minimum atomic E-state index is -0.408. The summed E-state index contributed by atoms with van der Waals surface area (Å²) < 4.78 is 0. The summed E-state index contributed by atoms with van der Waals surface area (Å²) in [6.45, 7) is 6.42. The van der Waals surface area contributed by atoms with Crippen molar-refractivity contribution in [2.45, 2.75) is 46.1 Å². The zero-order chi connectivity index (χ0) is 14.0. The molecule has 1 aromatic heterocycles. The van der Waals surface area contributed by atoms with Gasteiger partial charge in [-0.15, -0.1) is 0 Å². The lowest BCUT2D eigenvalue weighted by Gasteiger charge is -2.32. The molecule has 19 heavy (non-hydrogen) atoms. The maximum atomic E-state index is 10.7. The maximum absolute atomic E-state index is 10.7. The molecule has 2 unspecified atom stereocenters. The summed E-state index contributed by atoms with van der Waals surface area (Å²) in [6.07, 6.45) is 4.89. The summed E-state index contributed by atoms with van der Waals surface area (Å²) in [7, 11) is 0. The molecule has 0 radical (unpaired) electrons. The van der Waals surface area contributed by atoms with Crippen molar-refractivity contribution >= 4 is 11.5 Å². The van der Waals surface area contributed by atoms with Crippen LogP contribution in [0.3, 0.4) is 0 Å². The topological polar surface area (TPSA) is 68.1 Å². The molecule has 104 valence electrons. The van der Waals surface area contributed by atoms with Gasteiger partial charge in [0, 0.05) is 12.1 Å². The third kappa shape index (κ3) is 3.43. The van der Waals surface area contributed by atoms with Gasteiger partial charge < -0.3 is 5.32 Å². The number of anilines is 1. The third-order valence-electron chi connectivity index (χ3n) is 3.79. The molecule has 5 heteroatoms. The maximum Gasteiger partial charge on any atom is 0.287 e. The number of rotatable bonds is 3. The van der Waals surface area contributed by atoms with Crippen LogP contribution in [0, 0.1) is 28.9 Å². The Morgan fingerprint density at radius 1 is 1.32 bits per heavy atom. The van der Waals surface area contributed by atoms with Crippen LogP contribution in [-0.2, 0) is 0 Å². The lowest BCUT2D eigenvalue weighted by molar-refractivity contribution is -0.385. The van der Waals surface area contributed by atoms with E-state index in [9.17, 15) is 10.1 Å². The zero-order valence-electron chi connectivity index (χ0n) is 11.7. The molecule has 0 spiro atoms. The lowest BCUT2D eigenvalue weighted by Crippen LogP contribution is -2.30. The first-order valence-electron chi connectivity index (χ1n) is 6.83. The summed E-state index contributed by atoms with van der Waals surface area (Å²) >= 11 is 0. The molecular weight excluding hydrogens is 242 g/mol. The Morgan fingerprint density at radius 3 is 2.47 bits per heavy atom. The molecule has 2 rings (SSSR count). The van der Waals surface area contributed by atoms with Gasteiger partial charge in [0.05, 0.1) is 4.92 Å². The van der Waals surface area contributed by atoms with Gasteiger partial charge >= 0.3 is 0 Å². The van der Waals surface area contributed by atoms with Gasteiger partial charge in [-0.3, -0.25) is 10.1 Å². The van der Waals surface area contributed by atoms with Gasteiger partial charge in [0.1, 0.15) is 12.0 Å².